The Labute approximate surface area is 199 Å². The van der Waals surface area contributed by atoms with Gasteiger partial charge in [0, 0.05) is 22.8 Å². The van der Waals surface area contributed by atoms with Crippen molar-refractivity contribution in [2.75, 3.05) is 12.0 Å². The lowest BCUT2D eigenvalue weighted by molar-refractivity contribution is 0.0954. The summed E-state index contributed by atoms with van der Waals surface area (Å²) in [6.45, 7) is 13.5. The molecule has 0 spiro atoms. The zero-order valence-corrected chi connectivity index (χ0v) is 21.6. The van der Waals surface area contributed by atoms with Crippen molar-refractivity contribution in [1.29, 1.82) is 0 Å². The van der Waals surface area contributed by atoms with E-state index in [0.29, 0.717) is 23.3 Å². The highest BCUT2D eigenvalue weighted by molar-refractivity contribution is 14.1. The Hall–Kier alpha value is -2.09. The third-order valence-corrected chi connectivity index (χ3v) is 6.85. The van der Waals surface area contributed by atoms with Crippen LogP contribution in [0.15, 0.2) is 35.4 Å². The van der Waals surface area contributed by atoms with Gasteiger partial charge in [0.15, 0.2) is 0 Å². The summed E-state index contributed by atoms with van der Waals surface area (Å²) in [5.41, 5.74) is 8.08. The average molecular weight is 533 g/mol. The molecule has 1 aliphatic heterocycles. The monoisotopic (exact) mass is 533 g/mol. The summed E-state index contributed by atoms with van der Waals surface area (Å²) in [5, 5.41) is 4.23. The van der Waals surface area contributed by atoms with Crippen molar-refractivity contribution in [2.24, 2.45) is 5.10 Å². The van der Waals surface area contributed by atoms with E-state index >= 15 is 0 Å². The minimum Gasteiger partial charge on any atom is -0.496 e. The predicted molar refractivity (Wildman–Crippen MR) is 137 cm³/mol. The molecule has 5 nitrogen and oxygen atoms in total. The Kier molecular flexibility index (Phi) is 6.98. The van der Waals surface area contributed by atoms with Crippen molar-refractivity contribution >= 4 is 40.4 Å². The largest absolute Gasteiger partial charge is 0.496 e. The van der Waals surface area contributed by atoms with Crippen LogP contribution in [0.25, 0.3) is 0 Å². The van der Waals surface area contributed by atoms with Gasteiger partial charge in [-0.25, -0.2) is 5.43 Å². The van der Waals surface area contributed by atoms with Crippen molar-refractivity contribution in [3.8, 4) is 5.75 Å². The lowest BCUT2D eigenvalue weighted by atomic mass is 9.78. The van der Waals surface area contributed by atoms with Crippen LogP contribution in [0.1, 0.15) is 74.0 Å². The quantitative estimate of drug-likeness (QED) is 0.297. The normalized spacial score (nSPS) is 17.7. The molecule has 1 atom stereocenters. The molecule has 0 saturated heterocycles. The number of carbonyl (C=O) groups is 1. The first-order chi connectivity index (χ1) is 14.5. The number of hydrogen-bond donors (Lipinski definition) is 1. The summed E-state index contributed by atoms with van der Waals surface area (Å²) in [4.78, 5) is 15.0. The fourth-order valence-corrected chi connectivity index (χ4v) is 5.31. The molecule has 6 heteroatoms. The van der Waals surface area contributed by atoms with Crippen molar-refractivity contribution in [3.05, 3.63) is 56.2 Å². The maximum absolute atomic E-state index is 12.5. The number of rotatable bonds is 5. The number of aryl methyl sites for hydroxylation is 1. The first-order valence-corrected chi connectivity index (χ1v) is 11.7. The van der Waals surface area contributed by atoms with Crippen LogP contribution in [0.4, 0.5) is 5.69 Å². The molecular formula is C25H32IN3O2. The minimum atomic E-state index is -0.261. The van der Waals surface area contributed by atoms with Crippen molar-refractivity contribution < 1.29 is 9.53 Å². The van der Waals surface area contributed by atoms with E-state index < -0.39 is 0 Å². The van der Waals surface area contributed by atoms with Gasteiger partial charge in [0.2, 0.25) is 0 Å². The van der Waals surface area contributed by atoms with Crippen LogP contribution in [0, 0.1) is 10.5 Å². The molecule has 1 N–H and O–H groups in total. The van der Waals surface area contributed by atoms with Gasteiger partial charge in [0.05, 0.1) is 16.9 Å². The van der Waals surface area contributed by atoms with E-state index in [1.54, 1.807) is 25.5 Å². The number of amides is 1. The molecule has 0 bridgehead atoms. The Bertz CT molecular complexity index is 1010. The predicted octanol–water partition coefficient (Wildman–Crippen LogP) is 5.87. The van der Waals surface area contributed by atoms with Crippen LogP contribution in [0.5, 0.6) is 5.75 Å². The molecule has 166 valence electrons. The van der Waals surface area contributed by atoms with E-state index in [9.17, 15) is 4.79 Å². The topological polar surface area (TPSA) is 53.9 Å². The lowest BCUT2D eigenvalue weighted by Crippen LogP contribution is -2.51. The molecule has 1 amide bonds. The zero-order valence-electron chi connectivity index (χ0n) is 19.4. The number of nitrogens with one attached hydrogen (secondary N) is 1. The van der Waals surface area contributed by atoms with Gasteiger partial charge in [-0.2, -0.15) is 5.10 Å². The van der Waals surface area contributed by atoms with Gasteiger partial charge < -0.3 is 9.64 Å². The minimum absolute atomic E-state index is 0.116. The van der Waals surface area contributed by atoms with E-state index in [0.717, 1.165) is 21.1 Å². The molecule has 31 heavy (non-hydrogen) atoms. The standard InChI is InChI=1S/C25H32IN3O2/c1-15(2)29-22-10-16(3)19(11-20(22)17(4)13-25(29,5)6)14-27-28-24(30)18-8-9-21(26)23(12-18)31-7/h8-12,14-15,17H,13H2,1-7H3,(H,28,30)/b27-14-. The number of fused-ring (bicyclic) bond motifs is 1. The third-order valence-electron chi connectivity index (χ3n) is 5.96. The molecule has 0 radical (unpaired) electrons. The summed E-state index contributed by atoms with van der Waals surface area (Å²) in [6.07, 6.45) is 2.84. The van der Waals surface area contributed by atoms with E-state index in [4.69, 9.17) is 4.74 Å². The first kappa shape index (κ1) is 23.6. The number of benzene rings is 2. The van der Waals surface area contributed by atoms with E-state index in [2.05, 4.69) is 91.7 Å². The molecule has 0 aromatic heterocycles. The third kappa shape index (κ3) is 4.89. The number of anilines is 1. The highest BCUT2D eigenvalue weighted by Gasteiger charge is 2.37. The molecule has 1 aliphatic rings. The second-order valence-electron chi connectivity index (χ2n) is 9.20. The molecule has 0 fully saturated rings. The van der Waals surface area contributed by atoms with Crippen LogP contribution < -0.4 is 15.1 Å². The maximum atomic E-state index is 12.5. The second-order valence-corrected chi connectivity index (χ2v) is 10.4. The average Bonchev–Trinajstić information content (AvgIpc) is 2.68. The fraction of sp³-hybridized carbons (Fsp3) is 0.440. The number of methoxy groups -OCH3 is 1. The van der Waals surface area contributed by atoms with Crippen LogP contribution in [0.3, 0.4) is 0 Å². The summed E-state index contributed by atoms with van der Waals surface area (Å²) in [5.74, 6) is 0.874. The molecule has 1 heterocycles. The van der Waals surface area contributed by atoms with Gasteiger partial charge in [0.25, 0.3) is 5.91 Å². The van der Waals surface area contributed by atoms with Gasteiger partial charge in [-0.3, -0.25) is 4.79 Å². The highest BCUT2D eigenvalue weighted by atomic mass is 127. The highest BCUT2D eigenvalue weighted by Crippen LogP contribution is 2.45. The molecule has 2 aromatic rings. The Balaban J connectivity index is 1.84. The van der Waals surface area contributed by atoms with Crippen molar-refractivity contribution in [3.63, 3.8) is 0 Å². The zero-order chi connectivity index (χ0) is 22.9. The van der Waals surface area contributed by atoms with Gasteiger partial charge in [-0.05, 0) is 117 Å². The second kappa shape index (κ2) is 9.18. The molecular weight excluding hydrogens is 501 g/mol. The summed E-state index contributed by atoms with van der Waals surface area (Å²) in [7, 11) is 1.60. The van der Waals surface area contributed by atoms with Gasteiger partial charge in [-0.15, -0.1) is 0 Å². The lowest BCUT2D eigenvalue weighted by Gasteiger charge is -2.50. The van der Waals surface area contributed by atoms with Gasteiger partial charge in [-0.1, -0.05) is 6.92 Å². The van der Waals surface area contributed by atoms with Gasteiger partial charge >= 0.3 is 0 Å². The first-order valence-electron chi connectivity index (χ1n) is 10.7. The number of hydrazone groups is 1. The van der Waals surface area contributed by atoms with Gasteiger partial charge in [0.1, 0.15) is 5.75 Å². The molecule has 0 saturated carbocycles. The SMILES string of the molecule is COc1cc(C(=O)N/N=C\c2cc3c(cc2C)N(C(C)C)C(C)(C)CC3C)ccc1I. The van der Waals surface area contributed by atoms with E-state index in [-0.39, 0.29) is 11.4 Å². The number of carbonyl (C=O) groups excluding carboxylic acids is 1. The molecule has 1 unspecified atom stereocenters. The van der Waals surface area contributed by atoms with Crippen LogP contribution >= 0.6 is 22.6 Å². The Morgan fingerprint density at radius 2 is 2.03 bits per heavy atom. The summed E-state index contributed by atoms with van der Waals surface area (Å²) < 4.78 is 6.25. The Morgan fingerprint density at radius 1 is 1.32 bits per heavy atom. The Morgan fingerprint density at radius 3 is 2.68 bits per heavy atom. The van der Waals surface area contributed by atoms with Crippen molar-refractivity contribution in [1.82, 2.24) is 5.43 Å². The fourth-order valence-electron chi connectivity index (χ4n) is 4.76. The number of ether oxygens (including phenoxy) is 1. The molecule has 2 aromatic carbocycles. The van der Waals surface area contributed by atoms with Crippen LogP contribution in [0.2, 0.25) is 0 Å². The maximum Gasteiger partial charge on any atom is 0.271 e. The summed E-state index contributed by atoms with van der Waals surface area (Å²) in [6, 6.07) is 10.3. The molecule has 3 rings (SSSR count). The number of hydrogen-bond acceptors (Lipinski definition) is 4. The number of nitrogens with zero attached hydrogens (tertiary/aromatic N) is 2. The van der Waals surface area contributed by atoms with E-state index in [1.807, 2.05) is 6.07 Å². The summed E-state index contributed by atoms with van der Waals surface area (Å²) >= 11 is 2.18. The number of halogens is 1. The molecule has 0 aliphatic carbocycles. The van der Waals surface area contributed by atoms with Crippen LogP contribution in [-0.2, 0) is 0 Å². The van der Waals surface area contributed by atoms with E-state index in [1.165, 1.54) is 11.3 Å². The van der Waals surface area contributed by atoms with Crippen molar-refractivity contribution in [2.45, 2.75) is 65.5 Å². The van der Waals surface area contributed by atoms with Crippen LogP contribution in [-0.4, -0.2) is 30.8 Å². The smallest absolute Gasteiger partial charge is 0.271 e.